The largest absolute Gasteiger partial charge is 0.414 e. The summed E-state index contributed by atoms with van der Waals surface area (Å²) in [7, 11) is -3.77. The van der Waals surface area contributed by atoms with Crippen LogP contribution in [-0.4, -0.2) is 42.2 Å². The zero-order valence-corrected chi connectivity index (χ0v) is 16.9. The van der Waals surface area contributed by atoms with E-state index in [0.29, 0.717) is 0 Å². The van der Waals surface area contributed by atoms with Crippen LogP contribution in [0.15, 0.2) is 12.2 Å². The summed E-state index contributed by atoms with van der Waals surface area (Å²) >= 11 is 0. The second-order valence-corrected chi connectivity index (χ2v) is 22.6. The number of hydrogen-bond donors (Lipinski definition) is 0. The van der Waals surface area contributed by atoms with Crippen molar-refractivity contribution in [3.8, 4) is 0 Å². The molecule has 0 heterocycles. The molecule has 18 heavy (non-hydrogen) atoms. The lowest BCUT2D eigenvalue weighted by molar-refractivity contribution is 0.357. The molecule has 0 aliphatic rings. The molecule has 108 valence electrons. The molecule has 0 bridgehead atoms. The Labute approximate surface area is 118 Å². The molecule has 0 N–H and O–H groups in total. The van der Waals surface area contributed by atoms with Gasteiger partial charge in [-0.15, -0.1) is 0 Å². The Morgan fingerprint density at radius 3 is 1.56 bits per heavy atom. The zero-order chi connectivity index (χ0) is 14.6. The van der Waals surface area contributed by atoms with E-state index in [1.54, 1.807) is 0 Å². The summed E-state index contributed by atoms with van der Waals surface area (Å²) in [6, 6.07) is 0. The lowest BCUT2D eigenvalue weighted by Crippen LogP contribution is -2.58. The summed E-state index contributed by atoms with van der Waals surface area (Å²) in [4.78, 5) is 0. The lowest BCUT2D eigenvalue weighted by Gasteiger charge is -2.43. The smallest absolute Gasteiger partial charge is 0.184 e. The minimum Gasteiger partial charge on any atom is -0.414 e. The quantitative estimate of drug-likeness (QED) is 0.511. The maximum absolute atomic E-state index is 5.84. The van der Waals surface area contributed by atoms with Gasteiger partial charge in [0.1, 0.15) is 16.5 Å². The normalized spacial score (nSPS) is 14.8. The first-order valence-electron chi connectivity index (χ1n) is 6.91. The maximum Gasteiger partial charge on any atom is 0.184 e. The van der Waals surface area contributed by atoms with E-state index in [4.69, 9.17) is 4.43 Å². The topological polar surface area (TPSA) is 12.5 Å². The van der Waals surface area contributed by atoms with Crippen molar-refractivity contribution in [2.75, 3.05) is 13.2 Å². The second-order valence-electron chi connectivity index (χ2n) is 7.85. The van der Waals surface area contributed by atoms with E-state index in [1.807, 2.05) is 0 Å². The summed E-state index contributed by atoms with van der Waals surface area (Å²) in [5.74, 6) is 0. The van der Waals surface area contributed by atoms with Crippen LogP contribution in [0.5, 0.6) is 0 Å². The first-order valence-corrected chi connectivity index (χ1v) is 17.2. The van der Waals surface area contributed by atoms with Gasteiger partial charge in [-0.1, -0.05) is 51.4 Å². The van der Waals surface area contributed by atoms with Gasteiger partial charge in [-0.05, 0) is 19.6 Å². The van der Waals surface area contributed by atoms with Gasteiger partial charge in [0.05, 0.1) is 6.61 Å². The van der Waals surface area contributed by atoms with Crippen molar-refractivity contribution < 1.29 is 4.43 Å². The minimum atomic E-state index is -1.36. The van der Waals surface area contributed by atoms with Crippen molar-refractivity contribution in [1.82, 2.24) is 4.23 Å². The van der Waals surface area contributed by atoms with Crippen LogP contribution in [0.3, 0.4) is 0 Å². The molecule has 2 nitrogen and oxygen atoms in total. The predicted molar refractivity (Wildman–Crippen MR) is 91.8 cm³/mol. The van der Waals surface area contributed by atoms with E-state index in [0.717, 1.165) is 13.2 Å². The van der Waals surface area contributed by atoms with Crippen LogP contribution in [0, 0.1) is 0 Å². The second kappa shape index (κ2) is 6.65. The standard InChI is InChI=1S/C13H33NOSi3/c1-16(2,3)14(17(4,5)6)12-10-11-13-15-18(7,8)9/h10-11H,12-13H2,1-9H3/b11-10+. The molecule has 0 aromatic carbocycles. The molecule has 0 atom stereocenters. The fourth-order valence-electron chi connectivity index (χ4n) is 2.10. The average molecular weight is 304 g/mol. The molecule has 0 unspecified atom stereocenters. The third-order valence-corrected chi connectivity index (χ3v) is 11.3. The van der Waals surface area contributed by atoms with Crippen LogP contribution < -0.4 is 0 Å². The summed E-state index contributed by atoms with van der Waals surface area (Å²) in [5, 5.41) is 0. The molecule has 0 fully saturated rings. The van der Waals surface area contributed by atoms with Gasteiger partial charge in [-0.3, -0.25) is 0 Å². The van der Waals surface area contributed by atoms with Crippen LogP contribution in [0.25, 0.3) is 0 Å². The van der Waals surface area contributed by atoms with Gasteiger partial charge in [0.25, 0.3) is 0 Å². The highest BCUT2D eigenvalue weighted by Gasteiger charge is 2.33. The zero-order valence-electron chi connectivity index (χ0n) is 13.9. The van der Waals surface area contributed by atoms with Crippen molar-refractivity contribution >= 4 is 24.8 Å². The van der Waals surface area contributed by atoms with E-state index >= 15 is 0 Å². The summed E-state index contributed by atoms with van der Waals surface area (Å²) < 4.78 is 8.62. The SMILES string of the molecule is C[Si](C)(C)OC/C=C/CN([Si](C)(C)C)[Si](C)(C)C. The van der Waals surface area contributed by atoms with E-state index < -0.39 is 24.8 Å². The molecule has 0 amide bonds. The van der Waals surface area contributed by atoms with Gasteiger partial charge in [0.2, 0.25) is 0 Å². The highest BCUT2D eigenvalue weighted by Crippen LogP contribution is 2.19. The Kier molecular flexibility index (Phi) is 6.77. The van der Waals surface area contributed by atoms with E-state index in [2.05, 4.69) is 75.3 Å². The molecule has 0 aliphatic heterocycles. The Morgan fingerprint density at radius 2 is 1.22 bits per heavy atom. The van der Waals surface area contributed by atoms with E-state index in [1.165, 1.54) is 0 Å². The van der Waals surface area contributed by atoms with Gasteiger partial charge in [-0.2, -0.15) is 0 Å². The van der Waals surface area contributed by atoms with Crippen LogP contribution in [0.4, 0.5) is 0 Å². The molecule has 0 spiro atoms. The Balaban J connectivity index is 4.34. The molecule has 0 aliphatic carbocycles. The van der Waals surface area contributed by atoms with Crippen molar-refractivity contribution in [1.29, 1.82) is 0 Å². The number of rotatable bonds is 7. The number of hydrogen-bond acceptors (Lipinski definition) is 2. The lowest BCUT2D eigenvalue weighted by atomic mass is 10.5. The molecule has 0 saturated heterocycles. The number of nitrogens with zero attached hydrogens (tertiary/aromatic N) is 1. The maximum atomic E-state index is 5.84. The van der Waals surface area contributed by atoms with Crippen molar-refractivity contribution in [2.24, 2.45) is 0 Å². The van der Waals surface area contributed by atoms with E-state index in [9.17, 15) is 0 Å². The molecular formula is C13H33NOSi3. The van der Waals surface area contributed by atoms with Gasteiger partial charge in [-0.25, -0.2) is 0 Å². The van der Waals surface area contributed by atoms with E-state index in [-0.39, 0.29) is 0 Å². The van der Waals surface area contributed by atoms with Crippen LogP contribution >= 0.6 is 0 Å². The van der Waals surface area contributed by atoms with Gasteiger partial charge < -0.3 is 8.66 Å². The van der Waals surface area contributed by atoms with Crippen LogP contribution in [-0.2, 0) is 4.43 Å². The molecule has 5 heteroatoms. The average Bonchev–Trinajstić information content (AvgIpc) is 2.04. The van der Waals surface area contributed by atoms with Crippen molar-refractivity contribution in [3.63, 3.8) is 0 Å². The fraction of sp³-hybridized carbons (Fsp3) is 0.846. The van der Waals surface area contributed by atoms with Crippen LogP contribution in [0.1, 0.15) is 0 Å². The molecule has 0 radical (unpaired) electrons. The highest BCUT2D eigenvalue weighted by molar-refractivity contribution is 6.89. The van der Waals surface area contributed by atoms with Crippen molar-refractivity contribution in [2.45, 2.75) is 58.9 Å². The monoisotopic (exact) mass is 303 g/mol. The Hall–Kier alpha value is 0.311. The fourth-order valence-corrected chi connectivity index (χ4v) is 12.1. The molecular weight excluding hydrogens is 270 g/mol. The summed E-state index contributed by atoms with van der Waals surface area (Å²) in [6.45, 7) is 23.2. The van der Waals surface area contributed by atoms with Gasteiger partial charge in [0, 0.05) is 6.54 Å². The molecule has 0 aromatic heterocycles. The first-order chi connectivity index (χ1) is 7.84. The van der Waals surface area contributed by atoms with Gasteiger partial charge in [0.15, 0.2) is 8.32 Å². The molecule has 0 aromatic rings. The third-order valence-electron chi connectivity index (χ3n) is 2.69. The Bertz CT molecular complexity index is 257. The molecule has 0 rings (SSSR count). The Morgan fingerprint density at radius 1 is 0.778 bits per heavy atom. The summed E-state index contributed by atoms with van der Waals surface area (Å²) in [6.07, 6.45) is 4.50. The third kappa shape index (κ3) is 8.42. The van der Waals surface area contributed by atoms with Crippen LogP contribution in [0.2, 0.25) is 58.9 Å². The minimum absolute atomic E-state index is 0.779. The molecule has 0 saturated carbocycles. The first kappa shape index (κ1) is 18.3. The predicted octanol–water partition coefficient (Wildman–Crippen LogP) is 4.37. The van der Waals surface area contributed by atoms with Crippen molar-refractivity contribution in [3.05, 3.63) is 12.2 Å². The summed E-state index contributed by atoms with van der Waals surface area (Å²) in [5.41, 5.74) is 0. The highest BCUT2D eigenvalue weighted by atomic mass is 28.4. The van der Waals surface area contributed by atoms with Gasteiger partial charge >= 0.3 is 0 Å².